The number of aromatic carboxylic acids is 1. The first-order chi connectivity index (χ1) is 6.24. The van der Waals surface area contributed by atoms with E-state index in [2.05, 4.69) is 4.98 Å². The van der Waals surface area contributed by atoms with Crippen molar-refractivity contribution < 1.29 is 14.7 Å². The van der Waals surface area contributed by atoms with Crippen LogP contribution in [0.25, 0.3) is 0 Å². The van der Waals surface area contributed by atoms with E-state index in [-0.39, 0.29) is 11.6 Å². The molecule has 1 aliphatic carbocycles. The molecule has 0 spiro atoms. The number of carboxylic acid groups (broad SMARTS) is 1. The van der Waals surface area contributed by atoms with Crippen LogP contribution < -0.4 is 0 Å². The van der Waals surface area contributed by atoms with E-state index in [4.69, 9.17) is 5.11 Å². The standard InChI is InChI=1S/C9H9NO3/c11-4-6-3-10-8(9(12)13)7(6)5-1-2-5/h3-5,10H,1-2H2,(H,12,13). The third kappa shape index (κ3) is 1.24. The van der Waals surface area contributed by atoms with Gasteiger partial charge < -0.3 is 10.1 Å². The molecule has 1 saturated carbocycles. The van der Waals surface area contributed by atoms with Crippen LogP contribution in [0.1, 0.15) is 45.2 Å². The second-order valence-electron chi connectivity index (χ2n) is 3.23. The summed E-state index contributed by atoms with van der Waals surface area (Å²) in [6, 6.07) is 0. The predicted molar refractivity (Wildman–Crippen MR) is 45.1 cm³/mol. The van der Waals surface area contributed by atoms with Crippen LogP contribution in [-0.4, -0.2) is 22.3 Å². The maximum Gasteiger partial charge on any atom is 0.352 e. The molecule has 0 aromatic carbocycles. The van der Waals surface area contributed by atoms with Crippen LogP contribution in [0.4, 0.5) is 0 Å². The molecule has 0 unspecified atom stereocenters. The number of carbonyl (C=O) groups is 2. The second-order valence-corrected chi connectivity index (χ2v) is 3.23. The van der Waals surface area contributed by atoms with Crippen molar-refractivity contribution in [3.05, 3.63) is 23.0 Å². The minimum Gasteiger partial charge on any atom is -0.477 e. The number of hydrogen-bond donors (Lipinski definition) is 2. The fraction of sp³-hybridized carbons (Fsp3) is 0.333. The van der Waals surface area contributed by atoms with Crippen molar-refractivity contribution in [3.63, 3.8) is 0 Å². The molecular formula is C9H9NO3. The monoisotopic (exact) mass is 179 g/mol. The lowest BCUT2D eigenvalue weighted by Crippen LogP contribution is -2.01. The number of aromatic amines is 1. The summed E-state index contributed by atoms with van der Waals surface area (Å²) in [5.41, 5.74) is 1.34. The zero-order valence-electron chi connectivity index (χ0n) is 6.91. The first-order valence-electron chi connectivity index (χ1n) is 4.13. The summed E-state index contributed by atoms with van der Waals surface area (Å²) in [4.78, 5) is 23.9. The molecule has 0 saturated heterocycles. The fourth-order valence-electron chi connectivity index (χ4n) is 1.54. The highest BCUT2D eigenvalue weighted by atomic mass is 16.4. The van der Waals surface area contributed by atoms with Crippen LogP contribution >= 0.6 is 0 Å². The maximum atomic E-state index is 10.7. The van der Waals surface area contributed by atoms with Gasteiger partial charge in [0.25, 0.3) is 0 Å². The lowest BCUT2D eigenvalue weighted by molar-refractivity contribution is 0.0690. The highest BCUT2D eigenvalue weighted by molar-refractivity contribution is 5.92. The zero-order valence-corrected chi connectivity index (χ0v) is 6.91. The Morgan fingerprint density at radius 2 is 2.31 bits per heavy atom. The van der Waals surface area contributed by atoms with Crippen LogP contribution in [0.3, 0.4) is 0 Å². The number of nitrogens with one attached hydrogen (secondary N) is 1. The average Bonchev–Trinajstić information content (AvgIpc) is 2.84. The molecule has 4 nitrogen and oxygen atoms in total. The Morgan fingerprint density at radius 3 is 2.77 bits per heavy atom. The van der Waals surface area contributed by atoms with Crippen molar-refractivity contribution in [2.75, 3.05) is 0 Å². The van der Waals surface area contributed by atoms with Gasteiger partial charge in [-0.2, -0.15) is 0 Å². The fourth-order valence-corrected chi connectivity index (χ4v) is 1.54. The van der Waals surface area contributed by atoms with Gasteiger partial charge in [0.05, 0.1) is 0 Å². The second kappa shape index (κ2) is 2.73. The molecule has 2 rings (SSSR count). The van der Waals surface area contributed by atoms with E-state index in [9.17, 15) is 9.59 Å². The first-order valence-corrected chi connectivity index (χ1v) is 4.13. The van der Waals surface area contributed by atoms with Crippen LogP contribution in [-0.2, 0) is 0 Å². The minimum absolute atomic E-state index is 0.171. The summed E-state index contributed by atoms with van der Waals surface area (Å²) in [5, 5.41) is 8.80. The predicted octanol–water partition coefficient (Wildman–Crippen LogP) is 1.40. The smallest absolute Gasteiger partial charge is 0.352 e. The Bertz CT molecular complexity index is 363. The lowest BCUT2D eigenvalue weighted by atomic mass is 10.1. The third-order valence-electron chi connectivity index (χ3n) is 2.28. The maximum absolute atomic E-state index is 10.7. The Labute approximate surface area is 74.6 Å². The molecule has 1 aromatic rings. The van der Waals surface area contributed by atoms with Crippen LogP contribution in [0.2, 0.25) is 0 Å². The molecule has 2 N–H and O–H groups in total. The van der Waals surface area contributed by atoms with Gasteiger partial charge in [0.1, 0.15) is 5.69 Å². The summed E-state index contributed by atoms with van der Waals surface area (Å²) >= 11 is 0. The van der Waals surface area contributed by atoms with Crippen LogP contribution in [0.5, 0.6) is 0 Å². The number of hydrogen-bond acceptors (Lipinski definition) is 2. The van der Waals surface area contributed by atoms with Gasteiger partial charge in [0, 0.05) is 11.8 Å². The molecule has 0 atom stereocenters. The van der Waals surface area contributed by atoms with Crippen molar-refractivity contribution in [1.82, 2.24) is 4.98 Å². The van der Waals surface area contributed by atoms with Gasteiger partial charge in [-0.15, -0.1) is 0 Å². The van der Waals surface area contributed by atoms with Gasteiger partial charge in [0.2, 0.25) is 0 Å². The van der Waals surface area contributed by atoms with E-state index >= 15 is 0 Å². The molecule has 13 heavy (non-hydrogen) atoms. The number of H-pyrrole nitrogens is 1. The van der Waals surface area contributed by atoms with Gasteiger partial charge in [-0.05, 0) is 24.3 Å². The van der Waals surface area contributed by atoms with E-state index in [1.807, 2.05) is 0 Å². The molecular weight excluding hydrogens is 170 g/mol. The molecule has 1 fully saturated rings. The number of carbonyl (C=O) groups excluding carboxylic acids is 1. The molecule has 0 radical (unpaired) electrons. The molecule has 0 aliphatic heterocycles. The van der Waals surface area contributed by atoms with Gasteiger partial charge in [0.15, 0.2) is 6.29 Å². The Morgan fingerprint density at radius 1 is 1.62 bits per heavy atom. The van der Waals surface area contributed by atoms with Crippen molar-refractivity contribution in [3.8, 4) is 0 Å². The number of aldehydes is 1. The number of carboxylic acids is 1. The van der Waals surface area contributed by atoms with Gasteiger partial charge >= 0.3 is 5.97 Å². The SMILES string of the molecule is O=Cc1c[nH]c(C(=O)O)c1C1CC1. The minimum atomic E-state index is -0.991. The largest absolute Gasteiger partial charge is 0.477 e. The molecule has 4 heteroatoms. The molecule has 1 aromatic heterocycles. The van der Waals surface area contributed by atoms with Crippen molar-refractivity contribution in [2.45, 2.75) is 18.8 Å². The molecule has 0 bridgehead atoms. The molecule has 0 amide bonds. The highest BCUT2D eigenvalue weighted by Gasteiger charge is 2.31. The van der Waals surface area contributed by atoms with Gasteiger partial charge in [-0.3, -0.25) is 4.79 Å². The summed E-state index contributed by atoms with van der Waals surface area (Å²) in [6.45, 7) is 0. The van der Waals surface area contributed by atoms with E-state index in [0.29, 0.717) is 17.4 Å². The van der Waals surface area contributed by atoms with Crippen molar-refractivity contribution >= 4 is 12.3 Å². The van der Waals surface area contributed by atoms with Gasteiger partial charge in [-0.25, -0.2) is 4.79 Å². The topological polar surface area (TPSA) is 70.2 Å². The Balaban J connectivity index is 2.50. The quantitative estimate of drug-likeness (QED) is 0.689. The van der Waals surface area contributed by atoms with Crippen LogP contribution in [0.15, 0.2) is 6.20 Å². The summed E-state index contributed by atoms with van der Waals surface area (Å²) in [5.74, 6) is -0.715. The third-order valence-corrected chi connectivity index (χ3v) is 2.28. The van der Waals surface area contributed by atoms with Gasteiger partial charge in [-0.1, -0.05) is 0 Å². The molecule has 1 heterocycles. The van der Waals surface area contributed by atoms with E-state index < -0.39 is 5.97 Å². The van der Waals surface area contributed by atoms with Crippen molar-refractivity contribution in [2.24, 2.45) is 0 Å². The molecule has 1 aliphatic rings. The lowest BCUT2D eigenvalue weighted by Gasteiger charge is -1.97. The summed E-state index contributed by atoms with van der Waals surface area (Å²) in [7, 11) is 0. The summed E-state index contributed by atoms with van der Waals surface area (Å²) < 4.78 is 0. The average molecular weight is 179 g/mol. The molecule has 68 valence electrons. The first kappa shape index (κ1) is 8.04. The van der Waals surface area contributed by atoms with E-state index in [1.54, 1.807) is 0 Å². The Hall–Kier alpha value is -1.58. The number of rotatable bonds is 3. The zero-order chi connectivity index (χ0) is 9.42. The summed E-state index contributed by atoms with van der Waals surface area (Å²) in [6.07, 6.45) is 4.14. The van der Waals surface area contributed by atoms with Crippen LogP contribution in [0, 0.1) is 0 Å². The van der Waals surface area contributed by atoms with Crippen molar-refractivity contribution in [1.29, 1.82) is 0 Å². The van der Waals surface area contributed by atoms with E-state index in [0.717, 1.165) is 12.8 Å². The highest BCUT2D eigenvalue weighted by Crippen LogP contribution is 2.42. The van der Waals surface area contributed by atoms with E-state index in [1.165, 1.54) is 6.20 Å². The Kier molecular flexibility index (Phi) is 1.69. The number of aromatic nitrogens is 1. The normalized spacial score (nSPS) is 15.7.